The minimum absolute atomic E-state index is 0.111. The first-order valence-electron chi connectivity index (χ1n) is 6.16. The Morgan fingerprint density at radius 2 is 2.24 bits per heavy atom. The molecule has 17 heavy (non-hydrogen) atoms. The summed E-state index contributed by atoms with van der Waals surface area (Å²) in [5, 5.41) is 10.2. The molecule has 0 fully saturated rings. The van der Waals surface area contributed by atoms with E-state index in [9.17, 15) is 4.79 Å². The molecule has 0 aliphatic rings. The molecular weight excluding hydrogens is 216 g/mol. The quantitative estimate of drug-likeness (QED) is 0.658. The summed E-state index contributed by atoms with van der Waals surface area (Å²) in [7, 11) is 0. The molecule has 0 aliphatic heterocycles. The van der Waals surface area contributed by atoms with Crippen LogP contribution in [0.5, 0.6) is 0 Å². The van der Waals surface area contributed by atoms with Gasteiger partial charge in [0.15, 0.2) is 0 Å². The number of aromatic nitrogens is 2. The van der Waals surface area contributed by atoms with Crippen molar-refractivity contribution in [1.29, 1.82) is 0 Å². The lowest BCUT2D eigenvalue weighted by Crippen LogP contribution is -2.32. The third-order valence-corrected chi connectivity index (χ3v) is 2.28. The van der Waals surface area contributed by atoms with Crippen LogP contribution in [0.2, 0.25) is 0 Å². The SMILES string of the molecule is CC(C)NC(=O)CCNCCCn1cccn1. The molecule has 1 aromatic heterocycles. The van der Waals surface area contributed by atoms with E-state index < -0.39 is 0 Å². The molecule has 0 aromatic carbocycles. The van der Waals surface area contributed by atoms with Crippen molar-refractivity contribution in [2.45, 2.75) is 39.3 Å². The average Bonchev–Trinajstić information content (AvgIpc) is 2.75. The van der Waals surface area contributed by atoms with Gasteiger partial charge in [0.05, 0.1) is 0 Å². The summed E-state index contributed by atoms with van der Waals surface area (Å²) in [5.74, 6) is 0.111. The maximum atomic E-state index is 11.3. The van der Waals surface area contributed by atoms with E-state index in [2.05, 4.69) is 15.7 Å². The summed E-state index contributed by atoms with van der Waals surface area (Å²) < 4.78 is 1.91. The lowest BCUT2D eigenvalue weighted by Gasteiger charge is -2.08. The smallest absolute Gasteiger partial charge is 0.221 e. The number of aryl methyl sites for hydroxylation is 1. The number of hydrogen-bond donors (Lipinski definition) is 2. The van der Waals surface area contributed by atoms with E-state index in [1.165, 1.54) is 0 Å². The zero-order chi connectivity index (χ0) is 12.5. The minimum Gasteiger partial charge on any atom is -0.354 e. The van der Waals surface area contributed by atoms with Gasteiger partial charge < -0.3 is 10.6 Å². The average molecular weight is 238 g/mol. The van der Waals surface area contributed by atoms with Crippen molar-refractivity contribution in [3.63, 3.8) is 0 Å². The fraction of sp³-hybridized carbons (Fsp3) is 0.667. The lowest BCUT2D eigenvalue weighted by molar-refractivity contribution is -0.121. The molecular formula is C12H22N4O. The zero-order valence-corrected chi connectivity index (χ0v) is 10.6. The molecule has 0 atom stereocenters. The number of carbonyl (C=O) groups is 1. The Labute approximate surface area is 103 Å². The van der Waals surface area contributed by atoms with Crippen LogP contribution in [0, 0.1) is 0 Å². The van der Waals surface area contributed by atoms with Gasteiger partial charge in [-0.1, -0.05) is 0 Å². The molecule has 1 aromatic rings. The van der Waals surface area contributed by atoms with Gasteiger partial charge >= 0.3 is 0 Å². The third-order valence-electron chi connectivity index (χ3n) is 2.28. The molecule has 0 spiro atoms. The molecule has 0 radical (unpaired) electrons. The van der Waals surface area contributed by atoms with E-state index in [1.54, 1.807) is 6.20 Å². The second kappa shape index (κ2) is 7.84. The Balaban J connectivity index is 1.92. The molecule has 0 saturated carbocycles. The maximum Gasteiger partial charge on any atom is 0.221 e. The van der Waals surface area contributed by atoms with Crippen LogP contribution in [0.25, 0.3) is 0 Å². The monoisotopic (exact) mass is 238 g/mol. The number of amides is 1. The van der Waals surface area contributed by atoms with Crippen LogP contribution in [0.4, 0.5) is 0 Å². The standard InChI is InChI=1S/C12H22N4O/c1-11(2)15-12(17)5-8-13-6-3-9-16-10-4-7-14-16/h4,7,10-11,13H,3,5-6,8-9H2,1-2H3,(H,15,17). The Hall–Kier alpha value is -1.36. The lowest BCUT2D eigenvalue weighted by atomic mass is 10.3. The van der Waals surface area contributed by atoms with Crippen molar-refractivity contribution in [3.8, 4) is 0 Å². The first kappa shape index (κ1) is 13.7. The van der Waals surface area contributed by atoms with Crippen LogP contribution in [0.3, 0.4) is 0 Å². The number of nitrogens with zero attached hydrogens (tertiary/aromatic N) is 2. The molecule has 96 valence electrons. The van der Waals surface area contributed by atoms with Crippen molar-refractivity contribution in [2.75, 3.05) is 13.1 Å². The minimum atomic E-state index is 0.111. The molecule has 5 nitrogen and oxygen atoms in total. The van der Waals surface area contributed by atoms with Gasteiger partial charge in [0.25, 0.3) is 0 Å². The van der Waals surface area contributed by atoms with E-state index in [4.69, 9.17) is 0 Å². The molecule has 0 unspecified atom stereocenters. The Morgan fingerprint density at radius 1 is 1.41 bits per heavy atom. The van der Waals surface area contributed by atoms with Gasteiger partial charge in [0.1, 0.15) is 0 Å². The molecule has 1 rings (SSSR count). The van der Waals surface area contributed by atoms with E-state index in [-0.39, 0.29) is 11.9 Å². The van der Waals surface area contributed by atoms with Gasteiger partial charge in [-0.3, -0.25) is 9.48 Å². The second-order valence-electron chi connectivity index (χ2n) is 4.34. The van der Waals surface area contributed by atoms with E-state index in [1.807, 2.05) is 30.8 Å². The molecule has 5 heteroatoms. The number of carbonyl (C=O) groups excluding carboxylic acids is 1. The highest BCUT2D eigenvalue weighted by atomic mass is 16.1. The van der Waals surface area contributed by atoms with Crippen LogP contribution in [0.15, 0.2) is 18.5 Å². The fourth-order valence-electron chi connectivity index (χ4n) is 1.52. The van der Waals surface area contributed by atoms with Crippen LogP contribution in [-0.4, -0.2) is 34.8 Å². The summed E-state index contributed by atoms with van der Waals surface area (Å²) >= 11 is 0. The Kier molecular flexibility index (Phi) is 6.32. The summed E-state index contributed by atoms with van der Waals surface area (Å²) in [5.41, 5.74) is 0. The molecule has 0 aliphatic carbocycles. The molecule has 1 heterocycles. The third kappa shape index (κ3) is 6.73. The van der Waals surface area contributed by atoms with E-state index in [0.717, 1.165) is 26.1 Å². The van der Waals surface area contributed by atoms with Crippen LogP contribution in [0.1, 0.15) is 26.7 Å². The molecule has 2 N–H and O–H groups in total. The maximum absolute atomic E-state index is 11.3. The first-order chi connectivity index (χ1) is 8.18. The highest BCUT2D eigenvalue weighted by Crippen LogP contribution is 1.88. The first-order valence-corrected chi connectivity index (χ1v) is 6.16. The van der Waals surface area contributed by atoms with Gasteiger partial charge in [-0.25, -0.2) is 0 Å². The van der Waals surface area contributed by atoms with Gasteiger partial charge in [0.2, 0.25) is 5.91 Å². The molecule has 1 amide bonds. The number of nitrogens with one attached hydrogen (secondary N) is 2. The van der Waals surface area contributed by atoms with Gasteiger partial charge in [-0.15, -0.1) is 0 Å². The van der Waals surface area contributed by atoms with E-state index >= 15 is 0 Å². The van der Waals surface area contributed by atoms with Crippen molar-refractivity contribution >= 4 is 5.91 Å². The number of hydrogen-bond acceptors (Lipinski definition) is 3. The van der Waals surface area contributed by atoms with E-state index in [0.29, 0.717) is 6.42 Å². The summed E-state index contributed by atoms with van der Waals surface area (Å²) in [6.07, 6.45) is 5.30. The predicted octanol–water partition coefficient (Wildman–Crippen LogP) is 0.777. The number of rotatable bonds is 8. The molecule has 0 saturated heterocycles. The van der Waals surface area contributed by atoms with Crippen molar-refractivity contribution in [2.24, 2.45) is 0 Å². The highest BCUT2D eigenvalue weighted by Gasteiger charge is 2.01. The summed E-state index contributed by atoms with van der Waals surface area (Å²) in [6, 6.07) is 2.14. The molecule has 0 bridgehead atoms. The normalized spacial score (nSPS) is 10.8. The zero-order valence-electron chi connectivity index (χ0n) is 10.6. The summed E-state index contributed by atoms with van der Waals surface area (Å²) in [6.45, 7) is 6.50. The van der Waals surface area contributed by atoms with Crippen LogP contribution < -0.4 is 10.6 Å². The van der Waals surface area contributed by atoms with Gasteiger partial charge in [-0.05, 0) is 32.9 Å². The topological polar surface area (TPSA) is 59.0 Å². The van der Waals surface area contributed by atoms with Crippen molar-refractivity contribution in [1.82, 2.24) is 20.4 Å². The van der Waals surface area contributed by atoms with Gasteiger partial charge in [-0.2, -0.15) is 5.10 Å². The van der Waals surface area contributed by atoms with Crippen LogP contribution in [-0.2, 0) is 11.3 Å². The Bertz CT molecular complexity index is 308. The summed E-state index contributed by atoms with van der Waals surface area (Å²) in [4.78, 5) is 11.3. The predicted molar refractivity (Wildman–Crippen MR) is 67.6 cm³/mol. The van der Waals surface area contributed by atoms with Crippen LogP contribution >= 0.6 is 0 Å². The van der Waals surface area contributed by atoms with Gasteiger partial charge in [0, 0.05) is 37.9 Å². The van der Waals surface area contributed by atoms with Crippen molar-refractivity contribution in [3.05, 3.63) is 18.5 Å². The Morgan fingerprint density at radius 3 is 2.88 bits per heavy atom. The second-order valence-corrected chi connectivity index (χ2v) is 4.34. The van der Waals surface area contributed by atoms with Crippen molar-refractivity contribution < 1.29 is 4.79 Å². The largest absolute Gasteiger partial charge is 0.354 e. The highest BCUT2D eigenvalue weighted by molar-refractivity contribution is 5.76. The fourth-order valence-corrected chi connectivity index (χ4v) is 1.52.